The summed E-state index contributed by atoms with van der Waals surface area (Å²) in [6, 6.07) is 22.8. The first-order valence-corrected chi connectivity index (χ1v) is 11.5. The Hall–Kier alpha value is -3.35. The lowest BCUT2D eigenvalue weighted by Gasteiger charge is -2.28. The number of nitrogens with one attached hydrogen (secondary N) is 1. The highest BCUT2D eigenvalue weighted by Gasteiger charge is 2.42. The summed E-state index contributed by atoms with van der Waals surface area (Å²) in [6.07, 6.45) is 1.80. The Morgan fingerprint density at radius 1 is 1.00 bits per heavy atom. The highest BCUT2D eigenvalue weighted by atomic mass is 35.5. The Bertz CT molecular complexity index is 1320. The summed E-state index contributed by atoms with van der Waals surface area (Å²) in [5, 5.41) is 14.6. The van der Waals surface area contributed by atoms with Crippen molar-refractivity contribution in [3.8, 4) is 11.4 Å². The molecule has 2 N–H and O–H groups in total. The van der Waals surface area contributed by atoms with Gasteiger partial charge in [0, 0.05) is 23.3 Å². The molecule has 5 nitrogen and oxygen atoms in total. The van der Waals surface area contributed by atoms with Crippen LogP contribution in [0.5, 0.6) is 5.75 Å². The van der Waals surface area contributed by atoms with Crippen LogP contribution in [0.1, 0.15) is 34.7 Å². The lowest BCUT2D eigenvalue weighted by atomic mass is 9.96. The standard InChI is InChI=1S/C26H23ClN4OS/c1-16-15-20(17(2)30(16)23-9-4-3-7-21(23)27)25-24(22-8-5-6-14-28-22)29-26(33)31(25)18-10-12-19(32)13-11-18/h3-15,24-25,32H,1-2H3,(H,29,33)/t24-,25+/m1/s1. The van der Waals surface area contributed by atoms with E-state index in [1.165, 1.54) is 0 Å². The van der Waals surface area contributed by atoms with Crippen molar-refractivity contribution >= 4 is 34.6 Å². The summed E-state index contributed by atoms with van der Waals surface area (Å²) in [5.41, 5.74) is 6.05. The fourth-order valence-corrected chi connectivity index (χ4v) is 5.22. The number of hydrogen-bond acceptors (Lipinski definition) is 3. The SMILES string of the molecule is Cc1cc([C@H]2[C@@H](c3ccccn3)NC(=S)N2c2ccc(O)cc2)c(C)n1-c1ccccc1Cl. The number of pyridine rings is 1. The van der Waals surface area contributed by atoms with Gasteiger partial charge in [-0.15, -0.1) is 0 Å². The zero-order chi connectivity index (χ0) is 23.1. The summed E-state index contributed by atoms with van der Waals surface area (Å²) in [7, 11) is 0. The molecule has 0 unspecified atom stereocenters. The third-order valence-electron chi connectivity index (χ3n) is 6.11. The normalized spacial score (nSPS) is 17.9. The molecule has 33 heavy (non-hydrogen) atoms. The van der Waals surface area contributed by atoms with Gasteiger partial charge in [0.05, 0.1) is 28.5 Å². The number of halogens is 1. The van der Waals surface area contributed by atoms with E-state index in [0.717, 1.165) is 34.0 Å². The smallest absolute Gasteiger partial charge is 0.174 e. The van der Waals surface area contributed by atoms with E-state index in [9.17, 15) is 5.11 Å². The Kier molecular flexibility index (Phi) is 5.56. The maximum Gasteiger partial charge on any atom is 0.174 e. The maximum absolute atomic E-state index is 9.82. The summed E-state index contributed by atoms with van der Waals surface area (Å²) >= 11 is 12.4. The van der Waals surface area contributed by atoms with Gasteiger partial charge in [0.2, 0.25) is 0 Å². The maximum atomic E-state index is 9.82. The van der Waals surface area contributed by atoms with E-state index in [1.54, 1.807) is 18.3 Å². The van der Waals surface area contributed by atoms with E-state index in [-0.39, 0.29) is 17.8 Å². The molecule has 2 atom stereocenters. The lowest BCUT2D eigenvalue weighted by Crippen LogP contribution is -2.29. The van der Waals surface area contributed by atoms with Crippen LogP contribution in [-0.2, 0) is 0 Å². The molecule has 5 rings (SSSR count). The number of rotatable bonds is 4. The van der Waals surface area contributed by atoms with Crippen LogP contribution in [0.25, 0.3) is 5.69 Å². The molecule has 0 bridgehead atoms. The van der Waals surface area contributed by atoms with Crippen molar-refractivity contribution < 1.29 is 5.11 Å². The van der Waals surface area contributed by atoms with Gasteiger partial charge in [-0.3, -0.25) is 4.98 Å². The molecule has 2 aromatic heterocycles. The third-order valence-corrected chi connectivity index (χ3v) is 6.74. The van der Waals surface area contributed by atoms with Crippen LogP contribution in [0.2, 0.25) is 5.02 Å². The van der Waals surface area contributed by atoms with Crippen molar-refractivity contribution in [3.05, 3.63) is 107 Å². The molecule has 0 spiro atoms. The van der Waals surface area contributed by atoms with Crippen LogP contribution in [0.3, 0.4) is 0 Å². The first-order valence-electron chi connectivity index (χ1n) is 10.7. The molecule has 0 amide bonds. The second kappa shape index (κ2) is 8.54. The fourth-order valence-electron chi connectivity index (χ4n) is 4.65. The average molecular weight is 475 g/mol. The molecule has 0 aliphatic carbocycles. The molecule has 1 aliphatic rings. The Morgan fingerprint density at radius 3 is 2.42 bits per heavy atom. The number of phenolic OH excluding ortho intramolecular Hbond substituents is 1. The van der Waals surface area contributed by atoms with Gasteiger partial charge >= 0.3 is 0 Å². The number of aromatic hydroxyl groups is 1. The number of benzene rings is 2. The molecule has 7 heteroatoms. The van der Waals surface area contributed by atoms with Gasteiger partial charge in [0.15, 0.2) is 5.11 Å². The monoisotopic (exact) mass is 474 g/mol. The first-order chi connectivity index (χ1) is 16.0. The van der Waals surface area contributed by atoms with E-state index in [1.807, 2.05) is 54.6 Å². The zero-order valence-electron chi connectivity index (χ0n) is 18.2. The van der Waals surface area contributed by atoms with Gasteiger partial charge in [-0.1, -0.05) is 29.8 Å². The summed E-state index contributed by atoms with van der Waals surface area (Å²) < 4.78 is 2.18. The third kappa shape index (κ3) is 3.75. The minimum atomic E-state index is -0.146. The van der Waals surface area contributed by atoms with Crippen molar-refractivity contribution in [1.82, 2.24) is 14.9 Å². The number of aryl methyl sites for hydroxylation is 1. The van der Waals surface area contributed by atoms with E-state index in [0.29, 0.717) is 10.1 Å². The topological polar surface area (TPSA) is 53.3 Å². The van der Waals surface area contributed by atoms with E-state index < -0.39 is 0 Å². The largest absolute Gasteiger partial charge is 0.508 e. The molecule has 3 heterocycles. The van der Waals surface area contributed by atoms with Gasteiger partial charge in [-0.25, -0.2) is 0 Å². The molecule has 166 valence electrons. The van der Waals surface area contributed by atoms with Crippen molar-refractivity contribution in [3.63, 3.8) is 0 Å². The molecular formula is C26H23ClN4OS. The summed E-state index contributed by atoms with van der Waals surface area (Å²) in [4.78, 5) is 6.73. The average Bonchev–Trinajstić information content (AvgIpc) is 3.31. The van der Waals surface area contributed by atoms with Crippen LogP contribution < -0.4 is 10.2 Å². The number of phenols is 1. The Balaban J connectivity index is 1.69. The highest BCUT2D eigenvalue weighted by molar-refractivity contribution is 7.80. The van der Waals surface area contributed by atoms with Crippen molar-refractivity contribution in [2.75, 3.05) is 4.90 Å². The van der Waals surface area contributed by atoms with Crippen LogP contribution in [0.15, 0.2) is 79.0 Å². The van der Waals surface area contributed by atoms with Crippen LogP contribution in [0, 0.1) is 13.8 Å². The van der Waals surface area contributed by atoms with E-state index in [2.05, 4.69) is 39.7 Å². The van der Waals surface area contributed by atoms with Crippen LogP contribution in [0.4, 0.5) is 5.69 Å². The van der Waals surface area contributed by atoms with Gasteiger partial charge in [0.25, 0.3) is 0 Å². The molecule has 4 aromatic rings. The second-order valence-corrected chi connectivity index (χ2v) is 8.92. The lowest BCUT2D eigenvalue weighted by molar-refractivity contribution is 0.475. The predicted octanol–water partition coefficient (Wildman–Crippen LogP) is 6.03. The van der Waals surface area contributed by atoms with E-state index >= 15 is 0 Å². The number of anilines is 1. The van der Waals surface area contributed by atoms with Crippen molar-refractivity contribution in [2.24, 2.45) is 0 Å². The number of aromatic nitrogens is 2. The minimum Gasteiger partial charge on any atom is -0.508 e. The number of hydrogen-bond donors (Lipinski definition) is 2. The fraction of sp³-hybridized carbons (Fsp3) is 0.154. The van der Waals surface area contributed by atoms with Gasteiger partial charge in [0.1, 0.15) is 5.75 Å². The van der Waals surface area contributed by atoms with E-state index in [4.69, 9.17) is 23.8 Å². The minimum absolute atomic E-state index is 0.139. The molecule has 1 aliphatic heterocycles. The molecule has 0 radical (unpaired) electrons. The highest BCUT2D eigenvalue weighted by Crippen LogP contribution is 2.44. The predicted molar refractivity (Wildman–Crippen MR) is 136 cm³/mol. The van der Waals surface area contributed by atoms with Gasteiger partial charge in [-0.05, 0) is 86.2 Å². The van der Waals surface area contributed by atoms with Crippen LogP contribution >= 0.6 is 23.8 Å². The molecule has 1 fully saturated rings. The van der Waals surface area contributed by atoms with Gasteiger partial charge in [-0.2, -0.15) is 0 Å². The second-order valence-electron chi connectivity index (χ2n) is 8.13. The summed E-state index contributed by atoms with van der Waals surface area (Å²) in [6.45, 7) is 4.19. The Morgan fingerprint density at radius 2 is 1.73 bits per heavy atom. The van der Waals surface area contributed by atoms with Crippen LogP contribution in [-0.4, -0.2) is 19.8 Å². The quantitative estimate of drug-likeness (QED) is 0.354. The molecule has 2 aromatic carbocycles. The Labute approximate surface area is 203 Å². The number of para-hydroxylation sites is 1. The number of thiocarbonyl (C=S) groups is 1. The summed E-state index contributed by atoms with van der Waals surface area (Å²) in [5.74, 6) is 0.214. The van der Waals surface area contributed by atoms with Gasteiger partial charge < -0.3 is 19.9 Å². The zero-order valence-corrected chi connectivity index (χ0v) is 19.8. The first kappa shape index (κ1) is 21.5. The molecule has 1 saturated heterocycles. The van der Waals surface area contributed by atoms with Crippen molar-refractivity contribution in [1.29, 1.82) is 0 Å². The molecular weight excluding hydrogens is 452 g/mol. The number of nitrogens with zero attached hydrogens (tertiary/aromatic N) is 3. The van der Waals surface area contributed by atoms with Crippen molar-refractivity contribution in [2.45, 2.75) is 25.9 Å². The molecule has 0 saturated carbocycles.